The predicted octanol–water partition coefficient (Wildman–Crippen LogP) is 3.53. The summed E-state index contributed by atoms with van der Waals surface area (Å²) in [5.41, 5.74) is 3.74. The number of carbonyl (C=O) groups is 2. The van der Waals surface area contributed by atoms with Crippen LogP contribution in [0.2, 0.25) is 0 Å². The average Bonchev–Trinajstić information content (AvgIpc) is 2.70. The van der Waals surface area contributed by atoms with Crippen LogP contribution < -0.4 is 5.32 Å². The molecule has 4 heteroatoms. The van der Waals surface area contributed by atoms with Crippen LogP contribution >= 0.6 is 0 Å². The first-order valence-electron chi connectivity index (χ1n) is 10.1. The number of hydrogen-bond acceptors (Lipinski definition) is 3. The van der Waals surface area contributed by atoms with E-state index in [2.05, 4.69) is 42.6 Å². The van der Waals surface area contributed by atoms with Gasteiger partial charge in [-0.05, 0) is 56.7 Å². The number of ketones is 1. The second-order valence-electron chi connectivity index (χ2n) is 7.86. The Morgan fingerprint density at radius 3 is 2.39 bits per heavy atom. The van der Waals surface area contributed by atoms with E-state index in [1.807, 2.05) is 36.1 Å². The lowest BCUT2D eigenvalue weighted by Gasteiger charge is -2.37. The Morgan fingerprint density at radius 2 is 1.71 bits per heavy atom. The summed E-state index contributed by atoms with van der Waals surface area (Å²) in [6.45, 7) is 6.20. The van der Waals surface area contributed by atoms with Gasteiger partial charge in [0.05, 0.1) is 12.1 Å². The summed E-state index contributed by atoms with van der Waals surface area (Å²) in [5.74, 6) is 0.139. The van der Waals surface area contributed by atoms with E-state index < -0.39 is 6.04 Å². The van der Waals surface area contributed by atoms with Gasteiger partial charge in [-0.25, -0.2) is 0 Å². The fourth-order valence-corrected chi connectivity index (χ4v) is 3.96. The van der Waals surface area contributed by atoms with E-state index in [0.29, 0.717) is 13.0 Å². The van der Waals surface area contributed by atoms with Crippen LogP contribution in [0.15, 0.2) is 54.6 Å². The van der Waals surface area contributed by atoms with Crippen molar-refractivity contribution in [2.45, 2.75) is 64.7 Å². The third-order valence-corrected chi connectivity index (χ3v) is 5.67. The molecular weight excluding hydrogens is 348 g/mol. The summed E-state index contributed by atoms with van der Waals surface area (Å²) in [5, 5.41) is 3.29. The van der Waals surface area contributed by atoms with Gasteiger partial charge in [0.2, 0.25) is 5.91 Å². The topological polar surface area (TPSA) is 49.4 Å². The van der Waals surface area contributed by atoms with Crippen LogP contribution in [0.3, 0.4) is 0 Å². The second-order valence-corrected chi connectivity index (χ2v) is 7.86. The number of amides is 1. The van der Waals surface area contributed by atoms with Gasteiger partial charge in [-0.1, -0.05) is 54.6 Å². The van der Waals surface area contributed by atoms with Crippen LogP contribution in [0.1, 0.15) is 43.9 Å². The molecule has 1 aliphatic rings. The van der Waals surface area contributed by atoms with Crippen LogP contribution in [-0.4, -0.2) is 34.7 Å². The molecule has 1 heterocycles. The number of aryl methyl sites for hydroxylation is 1. The Kier molecular flexibility index (Phi) is 6.63. The van der Waals surface area contributed by atoms with Crippen LogP contribution in [0, 0.1) is 0 Å². The number of fused-ring (bicyclic) bond motifs is 1. The van der Waals surface area contributed by atoms with Gasteiger partial charge in [0, 0.05) is 12.6 Å². The van der Waals surface area contributed by atoms with Gasteiger partial charge in [0.1, 0.15) is 5.78 Å². The molecule has 0 saturated carbocycles. The summed E-state index contributed by atoms with van der Waals surface area (Å²) in [4.78, 5) is 27.2. The summed E-state index contributed by atoms with van der Waals surface area (Å²) in [6.07, 6.45) is 2.38. The van der Waals surface area contributed by atoms with Gasteiger partial charge in [0.15, 0.2) is 0 Å². The Morgan fingerprint density at radius 1 is 1.07 bits per heavy atom. The molecule has 0 radical (unpaired) electrons. The average molecular weight is 379 g/mol. The first-order chi connectivity index (χ1) is 13.5. The Balaban J connectivity index is 1.62. The molecule has 0 aliphatic carbocycles. The van der Waals surface area contributed by atoms with E-state index >= 15 is 0 Å². The number of nitrogens with zero attached hydrogens (tertiary/aromatic N) is 1. The highest BCUT2D eigenvalue weighted by Crippen LogP contribution is 2.23. The van der Waals surface area contributed by atoms with Crippen LogP contribution in [0.4, 0.5) is 0 Å². The molecule has 0 fully saturated rings. The molecule has 0 unspecified atom stereocenters. The third-order valence-electron chi connectivity index (χ3n) is 5.67. The van der Waals surface area contributed by atoms with Crippen molar-refractivity contribution in [1.82, 2.24) is 10.2 Å². The van der Waals surface area contributed by atoms with E-state index in [1.165, 1.54) is 16.7 Å². The van der Waals surface area contributed by atoms with Gasteiger partial charge in [-0.3, -0.25) is 14.9 Å². The monoisotopic (exact) mass is 378 g/mol. The van der Waals surface area contributed by atoms with Crippen molar-refractivity contribution in [2.75, 3.05) is 0 Å². The number of hydrogen-bond donors (Lipinski definition) is 1. The zero-order chi connectivity index (χ0) is 20.1. The molecule has 1 amide bonds. The predicted molar refractivity (Wildman–Crippen MR) is 112 cm³/mol. The first kappa shape index (κ1) is 20.3. The summed E-state index contributed by atoms with van der Waals surface area (Å²) >= 11 is 0. The smallest absolute Gasteiger partial charge is 0.239 e. The lowest BCUT2D eigenvalue weighted by atomic mass is 9.94. The number of Topliss-reactive ketones (excluding diaryl/α,β-unsaturated/α-hetero) is 1. The highest BCUT2D eigenvalue weighted by atomic mass is 16.2. The minimum Gasteiger partial charge on any atom is -0.334 e. The molecule has 4 nitrogen and oxygen atoms in total. The summed E-state index contributed by atoms with van der Waals surface area (Å²) in [7, 11) is 0. The lowest BCUT2D eigenvalue weighted by molar-refractivity contribution is -0.136. The third kappa shape index (κ3) is 4.87. The van der Waals surface area contributed by atoms with Gasteiger partial charge in [-0.15, -0.1) is 0 Å². The fourth-order valence-electron chi connectivity index (χ4n) is 3.96. The van der Waals surface area contributed by atoms with Crippen molar-refractivity contribution in [3.8, 4) is 0 Å². The summed E-state index contributed by atoms with van der Waals surface area (Å²) < 4.78 is 0. The van der Waals surface area contributed by atoms with Crippen molar-refractivity contribution in [2.24, 2.45) is 0 Å². The van der Waals surface area contributed by atoms with E-state index in [0.717, 1.165) is 12.8 Å². The number of carbonyl (C=O) groups excluding carboxylic acids is 2. The van der Waals surface area contributed by atoms with Crippen LogP contribution in [0.5, 0.6) is 0 Å². The zero-order valence-electron chi connectivity index (χ0n) is 17.0. The number of benzene rings is 2. The van der Waals surface area contributed by atoms with E-state index in [4.69, 9.17) is 0 Å². The molecule has 2 aromatic rings. The maximum Gasteiger partial charge on any atom is 0.239 e. The normalized spacial score (nSPS) is 18.2. The van der Waals surface area contributed by atoms with Crippen molar-refractivity contribution < 1.29 is 9.59 Å². The molecule has 0 spiro atoms. The van der Waals surface area contributed by atoms with Crippen molar-refractivity contribution in [3.63, 3.8) is 0 Å². The summed E-state index contributed by atoms with van der Waals surface area (Å²) in [6, 6.07) is 17.9. The molecule has 1 N–H and O–H groups in total. The second kappa shape index (κ2) is 9.16. The van der Waals surface area contributed by atoms with Gasteiger partial charge >= 0.3 is 0 Å². The first-order valence-corrected chi connectivity index (χ1v) is 10.1. The highest BCUT2D eigenvalue weighted by Gasteiger charge is 2.30. The van der Waals surface area contributed by atoms with Gasteiger partial charge < -0.3 is 4.90 Å². The molecule has 0 saturated heterocycles. The molecule has 28 heavy (non-hydrogen) atoms. The van der Waals surface area contributed by atoms with Crippen molar-refractivity contribution in [3.05, 3.63) is 71.3 Å². The largest absolute Gasteiger partial charge is 0.334 e. The van der Waals surface area contributed by atoms with Gasteiger partial charge in [-0.2, -0.15) is 0 Å². The van der Waals surface area contributed by atoms with E-state index in [1.54, 1.807) is 6.92 Å². The molecule has 1 aliphatic heterocycles. The molecule has 148 valence electrons. The van der Waals surface area contributed by atoms with Crippen LogP contribution in [-0.2, 0) is 29.0 Å². The molecule has 0 bridgehead atoms. The Hall–Kier alpha value is -2.46. The molecule has 2 aromatic carbocycles. The van der Waals surface area contributed by atoms with E-state index in [-0.39, 0.29) is 23.8 Å². The Labute approximate surface area is 167 Å². The number of rotatable bonds is 7. The standard InChI is InChI=1S/C24H30N2O2/c1-17-15-21-11-7-8-12-22(21)16-26(17)24(28)18(2)25-23(19(3)27)14-13-20-9-5-4-6-10-20/h4-12,17-18,23,25H,13-16H2,1-3H3/t17-,18+,23+/m1/s1. The fraction of sp³-hybridized carbons (Fsp3) is 0.417. The maximum absolute atomic E-state index is 13.1. The van der Waals surface area contributed by atoms with Crippen molar-refractivity contribution in [1.29, 1.82) is 0 Å². The maximum atomic E-state index is 13.1. The molecule has 0 aromatic heterocycles. The SMILES string of the molecule is CC(=O)[C@H](CCc1ccccc1)N[C@@H](C)C(=O)N1Cc2ccccc2C[C@H]1C. The minimum absolute atomic E-state index is 0.0629. The molecular formula is C24H30N2O2. The lowest BCUT2D eigenvalue weighted by Crippen LogP contribution is -2.53. The zero-order valence-corrected chi connectivity index (χ0v) is 17.0. The molecule has 3 atom stereocenters. The van der Waals surface area contributed by atoms with E-state index in [9.17, 15) is 9.59 Å². The Bertz CT molecular complexity index is 818. The molecule has 3 rings (SSSR count). The minimum atomic E-state index is -0.391. The van der Waals surface area contributed by atoms with Crippen molar-refractivity contribution >= 4 is 11.7 Å². The van der Waals surface area contributed by atoms with Gasteiger partial charge in [0.25, 0.3) is 0 Å². The number of nitrogens with one attached hydrogen (secondary N) is 1. The highest BCUT2D eigenvalue weighted by molar-refractivity contribution is 5.85. The van der Waals surface area contributed by atoms with Crippen LogP contribution in [0.25, 0.3) is 0 Å². The quantitative estimate of drug-likeness (QED) is 0.802.